The monoisotopic (exact) mass is 537 g/mol. The zero-order valence-electron chi connectivity index (χ0n) is 19.6. The van der Waals surface area contributed by atoms with Crippen molar-refractivity contribution in [2.75, 3.05) is 29.5 Å². The Bertz CT molecular complexity index is 1520. The molecule has 0 spiro atoms. The predicted octanol–water partition coefficient (Wildman–Crippen LogP) is 4.76. The van der Waals surface area contributed by atoms with Crippen LogP contribution >= 0.6 is 22.7 Å². The Balaban J connectivity index is 0.000000168. The molecule has 0 radical (unpaired) electrons. The summed E-state index contributed by atoms with van der Waals surface area (Å²) in [5, 5.41) is 2.81. The Kier molecular flexibility index (Phi) is 7.65. The van der Waals surface area contributed by atoms with E-state index in [1.165, 1.54) is 42.1 Å². The molecular formula is C26H31N7O2S2. The number of anilines is 3. The lowest BCUT2D eigenvalue weighted by atomic mass is 10.1. The van der Waals surface area contributed by atoms with Gasteiger partial charge in [-0.15, -0.1) is 22.7 Å². The van der Waals surface area contributed by atoms with E-state index in [1.807, 2.05) is 12.1 Å². The highest BCUT2D eigenvalue weighted by atomic mass is 32.1. The van der Waals surface area contributed by atoms with E-state index in [1.54, 1.807) is 22.7 Å². The van der Waals surface area contributed by atoms with Gasteiger partial charge in [0, 0.05) is 41.1 Å². The number of pyridine rings is 2. The number of carbonyl (C=O) groups excluding carboxylic acids is 2. The highest BCUT2D eigenvalue weighted by molar-refractivity contribution is 7.23. The first-order valence-corrected chi connectivity index (χ1v) is 13.4. The van der Waals surface area contributed by atoms with E-state index in [9.17, 15) is 9.59 Å². The molecule has 8 N–H and O–H groups in total. The fourth-order valence-electron chi connectivity index (χ4n) is 4.57. The van der Waals surface area contributed by atoms with Crippen molar-refractivity contribution < 1.29 is 9.59 Å². The smallest absolute Gasteiger partial charge is 0.251 e. The number of fused-ring (bicyclic) bond motifs is 2. The Morgan fingerprint density at radius 2 is 1.41 bits per heavy atom. The average molecular weight is 538 g/mol. The van der Waals surface area contributed by atoms with Gasteiger partial charge in [0.05, 0.1) is 25.5 Å². The third kappa shape index (κ3) is 5.09. The lowest BCUT2D eigenvalue weighted by molar-refractivity contribution is 0.0993. The number of hydrogen-bond donors (Lipinski definition) is 4. The van der Waals surface area contributed by atoms with Gasteiger partial charge in [-0.25, -0.2) is 9.97 Å². The van der Waals surface area contributed by atoms with Crippen molar-refractivity contribution in [2.45, 2.75) is 39.5 Å². The first-order valence-electron chi connectivity index (χ1n) is 11.7. The van der Waals surface area contributed by atoms with Crippen molar-refractivity contribution in [2.24, 2.45) is 11.5 Å². The Labute approximate surface area is 223 Å². The number of primary amides is 2. The van der Waals surface area contributed by atoms with Gasteiger partial charge in [-0.2, -0.15) is 0 Å². The molecule has 0 atom stereocenters. The Morgan fingerprint density at radius 1 is 0.838 bits per heavy atom. The van der Waals surface area contributed by atoms with Crippen LogP contribution in [0.15, 0.2) is 30.6 Å². The minimum absolute atomic E-state index is 0. The number of thiophene rings is 2. The Morgan fingerprint density at radius 3 is 1.95 bits per heavy atom. The van der Waals surface area contributed by atoms with Crippen molar-refractivity contribution in [1.29, 1.82) is 0 Å². The minimum atomic E-state index is -0.457. The average Bonchev–Trinajstić information content (AvgIpc) is 3.65. The third-order valence-electron chi connectivity index (χ3n) is 6.46. The van der Waals surface area contributed by atoms with E-state index >= 15 is 0 Å². The molecule has 0 saturated carbocycles. The number of aromatic nitrogens is 2. The van der Waals surface area contributed by atoms with Gasteiger partial charge in [0.1, 0.15) is 11.6 Å². The molecular weight excluding hydrogens is 506 g/mol. The fourth-order valence-corrected chi connectivity index (χ4v) is 7.06. The zero-order chi connectivity index (χ0) is 25.4. The van der Waals surface area contributed by atoms with Gasteiger partial charge in [-0.1, -0.05) is 13.5 Å². The first kappa shape index (κ1) is 26.4. The van der Waals surface area contributed by atoms with Crippen molar-refractivity contribution in [3.8, 4) is 0 Å². The van der Waals surface area contributed by atoms with Crippen molar-refractivity contribution in [3.63, 3.8) is 0 Å². The summed E-state index contributed by atoms with van der Waals surface area (Å²) in [6.07, 6.45) is 11.0. The van der Waals surface area contributed by atoms with Gasteiger partial charge in [-0.3, -0.25) is 9.59 Å². The van der Waals surface area contributed by atoms with Crippen LogP contribution in [-0.2, 0) is 0 Å². The summed E-state index contributed by atoms with van der Waals surface area (Å²) in [4.78, 5) is 34.3. The lowest BCUT2D eigenvalue weighted by Gasteiger charge is -2.13. The van der Waals surface area contributed by atoms with E-state index in [2.05, 4.69) is 20.9 Å². The molecule has 0 bridgehead atoms. The van der Waals surface area contributed by atoms with Crippen LogP contribution in [0.3, 0.4) is 0 Å². The van der Waals surface area contributed by atoms with E-state index in [-0.39, 0.29) is 7.43 Å². The molecule has 0 aromatic carbocycles. The van der Waals surface area contributed by atoms with Crippen LogP contribution in [0, 0.1) is 0 Å². The summed E-state index contributed by atoms with van der Waals surface area (Å²) in [7, 11) is 0. The second-order valence-electron chi connectivity index (χ2n) is 8.84. The highest BCUT2D eigenvalue weighted by Gasteiger charge is 2.19. The number of amides is 2. The SMILES string of the molecule is C.NC(=O)c1cnc(N)c2cc(C3=CCCC3)sc12.NC(=O)c1cnc(N)c2cc(N3CCCC3)sc12. The van der Waals surface area contributed by atoms with Crippen LogP contribution in [0.1, 0.15) is 65.1 Å². The van der Waals surface area contributed by atoms with Gasteiger partial charge in [-0.05, 0) is 49.8 Å². The molecule has 0 unspecified atom stereocenters. The molecule has 9 nitrogen and oxygen atoms in total. The van der Waals surface area contributed by atoms with E-state index in [4.69, 9.17) is 22.9 Å². The van der Waals surface area contributed by atoms with Crippen LogP contribution in [0.25, 0.3) is 25.7 Å². The molecule has 2 amide bonds. The predicted molar refractivity (Wildman–Crippen MR) is 155 cm³/mol. The number of nitrogens with zero attached hydrogens (tertiary/aromatic N) is 3. The summed E-state index contributed by atoms with van der Waals surface area (Å²) < 4.78 is 1.69. The van der Waals surface area contributed by atoms with Gasteiger partial charge < -0.3 is 27.8 Å². The van der Waals surface area contributed by atoms with E-state index in [0.717, 1.165) is 51.1 Å². The zero-order valence-corrected chi connectivity index (χ0v) is 21.3. The van der Waals surface area contributed by atoms with E-state index in [0.29, 0.717) is 22.8 Å². The first-order chi connectivity index (χ1) is 17.3. The molecule has 1 saturated heterocycles. The maximum absolute atomic E-state index is 11.4. The third-order valence-corrected chi connectivity index (χ3v) is 8.94. The van der Waals surface area contributed by atoms with Crippen LogP contribution in [-0.4, -0.2) is 34.9 Å². The number of nitrogens with two attached hydrogens (primary N) is 4. The summed E-state index contributed by atoms with van der Waals surface area (Å²) in [6, 6.07) is 4.03. The lowest BCUT2D eigenvalue weighted by Crippen LogP contribution is -2.15. The highest BCUT2D eigenvalue weighted by Crippen LogP contribution is 2.39. The summed E-state index contributed by atoms with van der Waals surface area (Å²) in [5.41, 5.74) is 24.7. The molecule has 4 aromatic rings. The molecule has 11 heteroatoms. The second kappa shape index (κ2) is 10.7. The van der Waals surface area contributed by atoms with Gasteiger partial charge >= 0.3 is 0 Å². The van der Waals surface area contributed by atoms with Crippen molar-refractivity contribution in [3.05, 3.63) is 46.6 Å². The summed E-state index contributed by atoms with van der Waals surface area (Å²) >= 11 is 3.14. The number of nitrogen functional groups attached to an aromatic ring is 2. The quantitative estimate of drug-likeness (QED) is 0.291. The number of rotatable bonds is 4. The fraction of sp³-hybridized carbons (Fsp3) is 0.308. The molecule has 5 heterocycles. The van der Waals surface area contributed by atoms with Crippen LogP contribution in [0.5, 0.6) is 0 Å². The van der Waals surface area contributed by atoms with Gasteiger partial charge in [0.25, 0.3) is 11.8 Å². The van der Waals surface area contributed by atoms with Gasteiger partial charge in [0.2, 0.25) is 0 Å². The largest absolute Gasteiger partial charge is 0.383 e. The Hall–Kier alpha value is -3.70. The number of carbonyl (C=O) groups is 2. The molecule has 194 valence electrons. The summed E-state index contributed by atoms with van der Waals surface area (Å²) in [5.74, 6) is -0.00332. The molecule has 37 heavy (non-hydrogen) atoms. The topological polar surface area (TPSA) is 167 Å². The maximum atomic E-state index is 11.4. The van der Waals surface area contributed by atoms with Crippen LogP contribution < -0.4 is 27.8 Å². The van der Waals surface area contributed by atoms with Crippen molar-refractivity contribution >= 4 is 76.9 Å². The molecule has 6 rings (SSSR count). The van der Waals surface area contributed by atoms with Crippen LogP contribution in [0.2, 0.25) is 0 Å². The molecule has 1 fully saturated rings. The number of allylic oxidation sites excluding steroid dienone is 2. The van der Waals surface area contributed by atoms with E-state index < -0.39 is 11.8 Å². The molecule has 4 aromatic heterocycles. The number of hydrogen-bond acceptors (Lipinski definition) is 9. The minimum Gasteiger partial charge on any atom is -0.383 e. The normalized spacial score (nSPS) is 14.8. The summed E-state index contributed by atoms with van der Waals surface area (Å²) in [6.45, 7) is 2.12. The molecule has 2 aliphatic rings. The maximum Gasteiger partial charge on any atom is 0.251 e. The van der Waals surface area contributed by atoms with Crippen LogP contribution in [0.4, 0.5) is 16.6 Å². The second-order valence-corrected chi connectivity index (χ2v) is 10.9. The standard InChI is InChI=1S/C13H13N3OS.C12H14N4OS.CH4/c14-12-8-5-10(7-3-1-2-4-7)18-11(8)9(6-16-12)13(15)17;13-11-7-5-9(16-3-1-2-4-16)18-10(7)8(6-15-11)12(14)17;/h3,5-6H,1-2,4H2,(H2,14,16)(H2,15,17);5-6H,1-4H2,(H2,13,15)(H2,14,17);1H4. The molecule has 1 aliphatic carbocycles. The van der Waals surface area contributed by atoms with Gasteiger partial charge in [0.15, 0.2) is 0 Å². The van der Waals surface area contributed by atoms with Crippen molar-refractivity contribution in [1.82, 2.24) is 9.97 Å². The molecule has 1 aliphatic heterocycles.